The number of amides is 1. The first-order valence-corrected chi connectivity index (χ1v) is 9.63. The Hall–Kier alpha value is -4.42. The number of nitrogens with zero attached hydrogens (tertiary/aromatic N) is 5. The topological polar surface area (TPSA) is 143 Å². The number of rotatable bonds is 3. The van der Waals surface area contributed by atoms with Crippen molar-refractivity contribution in [2.24, 2.45) is 7.05 Å². The molecule has 0 saturated carbocycles. The van der Waals surface area contributed by atoms with Crippen molar-refractivity contribution in [1.82, 2.24) is 29.6 Å². The Morgan fingerprint density at radius 3 is 2.38 bits per heavy atom. The number of hydrogen-bond acceptors (Lipinski definition) is 6. The largest absolute Gasteiger partial charge is 0.490 e. The Balaban J connectivity index is 0.000000406. The molecule has 1 aromatic carbocycles. The molecule has 3 aromatic heterocycles. The lowest BCUT2D eigenvalue weighted by molar-refractivity contribution is -0.192. The summed E-state index contributed by atoms with van der Waals surface area (Å²) >= 11 is 0. The maximum Gasteiger partial charge on any atom is 0.490 e. The molecule has 4 rings (SSSR count). The number of nitrogens with one attached hydrogen (secondary N) is 1. The number of alkyl halides is 3. The molecule has 13 heteroatoms. The number of nitrogen functional groups attached to an aromatic ring is 1. The fraction of sp³-hybridized carbons (Fsp3) is 0.190. The summed E-state index contributed by atoms with van der Waals surface area (Å²) in [5.74, 6) is -1.83. The van der Waals surface area contributed by atoms with Gasteiger partial charge in [0.25, 0.3) is 5.91 Å². The van der Waals surface area contributed by atoms with Gasteiger partial charge in [-0.2, -0.15) is 18.3 Å². The lowest BCUT2D eigenvalue weighted by Crippen LogP contribution is -2.21. The molecular weight excluding hydrogens is 455 g/mol. The number of carboxylic acids is 1. The number of nitrogens with two attached hydrogens (primary N) is 1. The Kier molecular flexibility index (Phi) is 6.56. The van der Waals surface area contributed by atoms with Gasteiger partial charge in [-0.15, -0.1) is 0 Å². The fourth-order valence-electron chi connectivity index (χ4n) is 2.92. The van der Waals surface area contributed by atoms with Gasteiger partial charge in [0.2, 0.25) is 0 Å². The summed E-state index contributed by atoms with van der Waals surface area (Å²) in [6.07, 6.45) is 0.315. The van der Waals surface area contributed by atoms with E-state index in [0.717, 1.165) is 22.2 Å². The van der Waals surface area contributed by atoms with Crippen molar-refractivity contribution in [1.29, 1.82) is 0 Å². The van der Waals surface area contributed by atoms with Crippen LogP contribution in [0.3, 0.4) is 0 Å². The van der Waals surface area contributed by atoms with E-state index in [-0.39, 0.29) is 5.91 Å². The van der Waals surface area contributed by atoms with Gasteiger partial charge in [-0.25, -0.2) is 14.8 Å². The van der Waals surface area contributed by atoms with E-state index in [1.807, 2.05) is 25.4 Å². The van der Waals surface area contributed by atoms with Crippen LogP contribution in [0.5, 0.6) is 0 Å². The summed E-state index contributed by atoms with van der Waals surface area (Å²) in [4.78, 5) is 34.8. The van der Waals surface area contributed by atoms with Gasteiger partial charge in [0.05, 0.1) is 22.8 Å². The maximum absolute atomic E-state index is 12.2. The number of hydrogen-bond donors (Lipinski definition) is 3. The van der Waals surface area contributed by atoms with Gasteiger partial charge in [0.1, 0.15) is 11.6 Å². The zero-order valence-corrected chi connectivity index (χ0v) is 18.3. The molecule has 0 bridgehead atoms. The van der Waals surface area contributed by atoms with Gasteiger partial charge >= 0.3 is 12.1 Å². The second-order valence-corrected chi connectivity index (χ2v) is 7.38. The van der Waals surface area contributed by atoms with Gasteiger partial charge in [-0.1, -0.05) is 0 Å². The summed E-state index contributed by atoms with van der Waals surface area (Å²) in [6, 6.07) is 7.31. The number of aliphatic carboxylic acids is 1. The van der Waals surface area contributed by atoms with Crippen LogP contribution >= 0.6 is 0 Å². The van der Waals surface area contributed by atoms with Gasteiger partial charge in [0.15, 0.2) is 0 Å². The number of carbonyl (C=O) groups is 2. The van der Waals surface area contributed by atoms with E-state index >= 15 is 0 Å². The molecule has 4 aromatic rings. The highest BCUT2D eigenvalue weighted by Gasteiger charge is 2.38. The second kappa shape index (κ2) is 9.21. The van der Waals surface area contributed by atoms with Crippen LogP contribution in [0.2, 0.25) is 0 Å². The van der Waals surface area contributed by atoms with Crippen LogP contribution in [0.1, 0.15) is 10.4 Å². The predicted octanol–water partition coefficient (Wildman–Crippen LogP) is 2.94. The first kappa shape index (κ1) is 24.2. The van der Waals surface area contributed by atoms with Gasteiger partial charge < -0.3 is 20.7 Å². The standard InChI is InChI=1S/C19H19N7O.C2HF3O2/c1-25(2)19(27)11-4-5-15-16(7-11)24-18(23-15)14-6-12(8-21-17(14)20)13-9-22-26(3)10-13;3-2(4,5)1(6)7/h4-10H,1-3H3,(H2,20,21)(H,23,24);(H,6,7). The maximum atomic E-state index is 12.2. The minimum Gasteiger partial charge on any atom is -0.475 e. The highest BCUT2D eigenvalue weighted by molar-refractivity contribution is 5.97. The van der Waals surface area contributed by atoms with Gasteiger partial charge in [-0.05, 0) is 24.3 Å². The third-order valence-electron chi connectivity index (χ3n) is 4.59. The third-order valence-corrected chi connectivity index (χ3v) is 4.59. The van der Waals surface area contributed by atoms with Crippen molar-refractivity contribution in [2.75, 3.05) is 19.8 Å². The Morgan fingerprint density at radius 2 is 1.82 bits per heavy atom. The number of imidazole rings is 1. The SMILES string of the molecule is CN(C)C(=O)c1ccc2nc(-c3cc(-c4cnn(C)c4)cnc3N)[nH]c2c1.O=C(O)C(F)(F)F. The molecule has 0 unspecified atom stereocenters. The number of halogens is 3. The quantitative estimate of drug-likeness (QED) is 0.413. The molecule has 0 radical (unpaired) electrons. The summed E-state index contributed by atoms with van der Waals surface area (Å²) < 4.78 is 33.5. The average Bonchev–Trinajstić information content (AvgIpc) is 3.38. The summed E-state index contributed by atoms with van der Waals surface area (Å²) in [5.41, 5.74) is 10.8. The minimum absolute atomic E-state index is 0.0622. The number of fused-ring (bicyclic) bond motifs is 1. The Morgan fingerprint density at radius 1 is 1.15 bits per heavy atom. The molecule has 0 aliphatic carbocycles. The van der Waals surface area contributed by atoms with Crippen molar-refractivity contribution >= 4 is 28.7 Å². The van der Waals surface area contributed by atoms with Crippen molar-refractivity contribution in [2.45, 2.75) is 6.18 Å². The molecule has 10 nitrogen and oxygen atoms in total. The second-order valence-electron chi connectivity index (χ2n) is 7.38. The van der Waals surface area contributed by atoms with Crippen molar-refractivity contribution < 1.29 is 27.9 Å². The summed E-state index contributed by atoms with van der Waals surface area (Å²) in [6.45, 7) is 0. The smallest absolute Gasteiger partial charge is 0.475 e. The van der Waals surface area contributed by atoms with Crippen LogP contribution in [0, 0.1) is 0 Å². The van der Waals surface area contributed by atoms with E-state index in [0.29, 0.717) is 22.8 Å². The Labute approximate surface area is 190 Å². The van der Waals surface area contributed by atoms with E-state index in [4.69, 9.17) is 15.6 Å². The molecule has 0 spiro atoms. The van der Waals surface area contributed by atoms with E-state index in [1.165, 1.54) is 4.90 Å². The molecular formula is C21H20F3N7O3. The van der Waals surface area contributed by atoms with Gasteiger partial charge in [0, 0.05) is 50.2 Å². The molecule has 178 valence electrons. The molecule has 0 atom stereocenters. The molecule has 0 fully saturated rings. The molecule has 34 heavy (non-hydrogen) atoms. The number of benzene rings is 1. The average molecular weight is 475 g/mol. The summed E-state index contributed by atoms with van der Waals surface area (Å²) in [7, 11) is 5.31. The number of anilines is 1. The van der Waals surface area contributed by atoms with Gasteiger partial charge in [-0.3, -0.25) is 9.48 Å². The molecule has 1 amide bonds. The Bertz CT molecular complexity index is 1360. The van der Waals surface area contributed by atoms with Crippen LogP contribution in [0.4, 0.5) is 19.0 Å². The number of aromatic nitrogens is 5. The normalized spacial score (nSPS) is 11.1. The van der Waals surface area contributed by atoms with Crippen LogP contribution < -0.4 is 5.73 Å². The molecule has 0 saturated heterocycles. The van der Waals surface area contributed by atoms with Crippen LogP contribution in [-0.4, -0.2) is 66.9 Å². The predicted molar refractivity (Wildman–Crippen MR) is 118 cm³/mol. The molecule has 4 N–H and O–H groups in total. The van der Waals surface area contributed by atoms with Crippen molar-refractivity contribution in [3.8, 4) is 22.5 Å². The molecule has 0 aliphatic rings. The third kappa shape index (κ3) is 5.31. The first-order chi connectivity index (χ1) is 15.9. The van der Waals surface area contributed by atoms with E-state index in [2.05, 4.69) is 20.1 Å². The molecule has 0 aliphatic heterocycles. The van der Waals surface area contributed by atoms with Crippen LogP contribution in [0.25, 0.3) is 33.5 Å². The van der Waals surface area contributed by atoms with E-state index < -0.39 is 12.1 Å². The number of H-pyrrole nitrogens is 1. The zero-order chi connectivity index (χ0) is 25.2. The number of carbonyl (C=O) groups excluding carboxylic acids is 1. The van der Waals surface area contributed by atoms with Crippen molar-refractivity contribution in [3.05, 3.63) is 48.4 Å². The highest BCUT2D eigenvalue weighted by Crippen LogP contribution is 2.29. The van der Waals surface area contributed by atoms with Crippen LogP contribution in [0.15, 0.2) is 42.9 Å². The highest BCUT2D eigenvalue weighted by atomic mass is 19.4. The van der Waals surface area contributed by atoms with E-state index in [1.54, 1.807) is 43.3 Å². The molecule has 3 heterocycles. The van der Waals surface area contributed by atoms with Crippen LogP contribution in [-0.2, 0) is 11.8 Å². The minimum atomic E-state index is -5.08. The van der Waals surface area contributed by atoms with Crippen molar-refractivity contribution in [3.63, 3.8) is 0 Å². The number of carboxylic acid groups (broad SMARTS) is 1. The lowest BCUT2D eigenvalue weighted by atomic mass is 10.1. The summed E-state index contributed by atoms with van der Waals surface area (Å²) in [5, 5.41) is 11.3. The monoisotopic (exact) mass is 475 g/mol. The number of pyridine rings is 1. The lowest BCUT2D eigenvalue weighted by Gasteiger charge is -2.09. The zero-order valence-electron chi connectivity index (χ0n) is 18.3. The first-order valence-electron chi connectivity index (χ1n) is 9.63. The van der Waals surface area contributed by atoms with E-state index in [9.17, 15) is 18.0 Å². The fourth-order valence-corrected chi connectivity index (χ4v) is 2.92. The number of aryl methyl sites for hydroxylation is 1. The number of aromatic amines is 1.